The molecular formula is C11H10BrN3O2S. The van der Waals surface area contributed by atoms with Crippen LogP contribution in [0.4, 0.5) is 5.69 Å². The van der Waals surface area contributed by atoms with Crippen LogP contribution in [0.15, 0.2) is 40.2 Å². The van der Waals surface area contributed by atoms with Crippen molar-refractivity contribution in [1.29, 1.82) is 0 Å². The van der Waals surface area contributed by atoms with Crippen LogP contribution in [-0.4, -0.2) is 14.5 Å². The minimum absolute atomic E-state index is 0.0907. The van der Waals surface area contributed by atoms with Crippen molar-refractivity contribution in [2.75, 3.05) is 0 Å². The average molecular weight is 328 g/mol. The molecule has 1 aromatic heterocycles. The van der Waals surface area contributed by atoms with Gasteiger partial charge in [0.1, 0.15) is 0 Å². The van der Waals surface area contributed by atoms with Gasteiger partial charge in [-0.25, -0.2) is 4.98 Å². The predicted octanol–water partition coefficient (Wildman–Crippen LogP) is 3.38. The number of hydrogen-bond acceptors (Lipinski definition) is 4. The van der Waals surface area contributed by atoms with Gasteiger partial charge in [-0.1, -0.05) is 17.8 Å². The molecule has 0 atom stereocenters. The SMILES string of the molecule is Cn1ccnc1SCc1ccc(Br)c([N+](=O)[O-])c1. The van der Waals surface area contributed by atoms with Gasteiger partial charge < -0.3 is 4.57 Å². The predicted molar refractivity (Wildman–Crippen MR) is 73.6 cm³/mol. The average Bonchev–Trinajstić information content (AvgIpc) is 2.73. The first-order valence-electron chi connectivity index (χ1n) is 5.11. The van der Waals surface area contributed by atoms with Crippen LogP contribution in [0.5, 0.6) is 0 Å². The summed E-state index contributed by atoms with van der Waals surface area (Å²) in [6.07, 6.45) is 3.60. The molecule has 0 aliphatic heterocycles. The van der Waals surface area contributed by atoms with Crippen LogP contribution in [0.25, 0.3) is 0 Å². The molecule has 0 spiro atoms. The molecule has 1 aromatic carbocycles. The van der Waals surface area contributed by atoms with E-state index in [4.69, 9.17) is 0 Å². The molecule has 18 heavy (non-hydrogen) atoms. The van der Waals surface area contributed by atoms with Crippen molar-refractivity contribution < 1.29 is 4.92 Å². The number of nitrogens with zero attached hydrogens (tertiary/aromatic N) is 3. The van der Waals surface area contributed by atoms with Crippen molar-refractivity contribution in [3.63, 3.8) is 0 Å². The zero-order chi connectivity index (χ0) is 13.1. The molecule has 2 aromatic rings. The number of benzene rings is 1. The number of thioether (sulfide) groups is 1. The van der Waals surface area contributed by atoms with Crippen molar-refractivity contribution in [2.24, 2.45) is 7.05 Å². The van der Waals surface area contributed by atoms with E-state index in [0.717, 1.165) is 10.7 Å². The topological polar surface area (TPSA) is 61.0 Å². The highest BCUT2D eigenvalue weighted by molar-refractivity contribution is 9.10. The number of imidazole rings is 1. The standard InChI is InChI=1S/C11H10BrN3O2S/c1-14-5-4-13-11(14)18-7-8-2-3-9(12)10(6-8)15(16)17/h2-6H,7H2,1H3. The Morgan fingerprint density at radius 2 is 2.33 bits per heavy atom. The van der Waals surface area contributed by atoms with E-state index in [2.05, 4.69) is 20.9 Å². The molecule has 0 aliphatic carbocycles. The largest absolute Gasteiger partial charge is 0.329 e. The Morgan fingerprint density at radius 1 is 1.56 bits per heavy atom. The number of nitro benzene ring substituents is 1. The maximum Gasteiger partial charge on any atom is 0.283 e. The Kier molecular flexibility index (Phi) is 4.03. The number of hydrogen-bond donors (Lipinski definition) is 0. The van der Waals surface area contributed by atoms with Crippen LogP contribution in [0.2, 0.25) is 0 Å². The molecular weight excluding hydrogens is 318 g/mol. The summed E-state index contributed by atoms with van der Waals surface area (Å²) in [5, 5.41) is 11.7. The van der Waals surface area contributed by atoms with Gasteiger partial charge in [0, 0.05) is 31.3 Å². The maximum atomic E-state index is 10.8. The summed E-state index contributed by atoms with van der Waals surface area (Å²) in [4.78, 5) is 14.6. The van der Waals surface area contributed by atoms with E-state index >= 15 is 0 Å². The number of aryl methyl sites for hydroxylation is 1. The van der Waals surface area contributed by atoms with Gasteiger partial charge in [-0.15, -0.1) is 0 Å². The van der Waals surface area contributed by atoms with Crippen molar-refractivity contribution in [3.05, 3.63) is 50.7 Å². The summed E-state index contributed by atoms with van der Waals surface area (Å²) >= 11 is 4.71. The quantitative estimate of drug-likeness (QED) is 0.490. The zero-order valence-electron chi connectivity index (χ0n) is 9.54. The number of aromatic nitrogens is 2. The van der Waals surface area contributed by atoms with Gasteiger partial charge in [0.05, 0.1) is 9.40 Å². The van der Waals surface area contributed by atoms with E-state index in [1.807, 2.05) is 23.9 Å². The van der Waals surface area contributed by atoms with Crippen LogP contribution in [-0.2, 0) is 12.8 Å². The first kappa shape index (κ1) is 13.1. The molecule has 0 saturated carbocycles. The Balaban J connectivity index is 2.13. The lowest BCUT2D eigenvalue weighted by Crippen LogP contribution is -1.93. The van der Waals surface area contributed by atoms with Gasteiger partial charge in [0.25, 0.3) is 5.69 Å². The molecule has 0 fully saturated rings. The van der Waals surface area contributed by atoms with Crippen LogP contribution in [0, 0.1) is 10.1 Å². The first-order valence-corrected chi connectivity index (χ1v) is 6.88. The molecule has 7 heteroatoms. The number of halogens is 1. The minimum Gasteiger partial charge on any atom is -0.329 e. The van der Waals surface area contributed by atoms with Crippen LogP contribution >= 0.6 is 27.7 Å². The Bertz CT molecular complexity index is 585. The smallest absolute Gasteiger partial charge is 0.283 e. The fourth-order valence-corrected chi connectivity index (χ4v) is 2.69. The number of nitro groups is 1. The van der Waals surface area contributed by atoms with E-state index in [9.17, 15) is 10.1 Å². The maximum absolute atomic E-state index is 10.8. The Labute approximate surface area is 117 Å². The third-order valence-electron chi connectivity index (χ3n) is 2.35. The van der Waals surface area contributed by atoms with Crippen molar-refractivity contribution >= 4 is 33.4 Å². The molecule has 94 valence electrons. The van der Waals surface area contributed by atoms with Crippen molar-refractivity contribution in [3.8, 4) is 0 Å². The summed E-state index contributed by atoms with van der Waals surface area (Å²) in [6, 6.07) is 5.15. The summed E-state index contributed by atoms with van der Waals surface area (Å²) in [6.45, 7) is 0. The van der Waals surface area contributed by atoms with Crippen LogP contribution in [0.1, 0.15) is 5.56 Å². The second kappa shape index (κ2) is 5.53. The van der Waals surface area contributed by atoms with Gasteiger partial charge in [-0.2, -0.15) is 0 Å². The van der Waals surface area contributed by atoms with Gasteiger partial charge in [-0.3, -0.25) is 10.1 Å². The minimum atomic E-state index is -0.390. The fraction of sp³-hybridized carbons (Fsp3) is 0.182. The molecule has 0 amide bonds. The molecule has 0 aliphatic rings. The normalized spacial score (nSPS) is 10.6. The zero-order valence-corrected chi connectivity index (χ0v) is 11.9. The summed E-state index contributed by atoms with van der Waals surface area (Å²) < 4.78 is 2.41. The van der Waals surface area contributed by atoms with Crippen LogP contribution in [0.3, 0.4) is 0 Å². The lowest BCUT2D eigenvalue weighted by Gasteiger charge is -2.03. The van der Waals surface area contributed by atoms with E-state index in [-0.39, 0.29) is 10.6 Å². The second-order valence-electron chi connectivity index (χ2n) is 3.65. The van der Waals surface area contributed by atoms with E-state index < -0.39 is 0 Å². The monoisotopic (exact) mass is 327 g/mol. The van der Waals surface area contributed by atoms with E-state index in [1.165, 1.54) is 0 Å². The molecule has 1 heterocycles. The number of rotatable bonds is 4. The van der Waals surface area contributed by atoms with Gasteiger partial charge in [0.2, 0.25) is 0 Å². The van der Waals surface area contributed by atoms with E-state index in [1.54, 1.807) is 30.1 Å². The first-order chi connectivity index (χ1) is 8.58. The molecule has 2 rings (SSSR count). The fourth-order valence-electron chi connectivity index (χ4n) is 1.43. The van der Waals surface area contributed by atoms with Gasteiger partial charge in [-0.05, 0) is 27.6 Å². The summed E-state index contributed by atoms with van der Waals surface area (Å²) in [5.74, 6) is 0.652. The Morgan fingerprint density at radius 3 is 2.94 bits per heavy atom. The molecule has 5 nitrogen and oxygen atoms in total. The summed E-state index contributed by atoms with van der Waals surface area (Å²) in [5.41, 5.74) is 0.992. The van der Waals surface area contributed by atoms with Crippen molar-refractivity contribution in [1.82, 2.24) is 9.55 Å². The molecule has 0 unspecified atom stereocenters. The van der Waals surface area contributed by atoms with Crippen LogP contribution < -0.4 is 0 Å². The lowest BCUT2D eigenvalue weighted by molar-refractivity contribution is -0.385. The molecule has 0 saturated heterocycles. The van der Waals surface area contributed by atoms with E-state index in [0.29, 0.717) is 10.2 Å². The molecule has 0 radical (unpaired) electrons. The molecule has 0 bridgehead atoms. The lowest BCUT2D eigenvalue weighted by atomic mass is 10.2. The Hall–Kier alpha value is -1.34. The third kappa shape index (κ3) is 2.91. The van der Waals surface area contributed by atoms with Crippen molar-refractivity contribution in [2.45, 2.75) is 10.9 Å². The highest BCUT2D eigenvalue weighted by Crippen LogP contribution is 2.28. The summed E-state index contributed by atoms with van der Waals surface area (Å²) in [7, 11) is 1.92. The second-order valence-corrected chi connectivity index (χ2v) is 5.45. The highest BCUT2D eigenvalue weighted by Gasteiger charge is 2.12. The highest BCUT2D eigenvalue weighted by atomic mass is 79.9. The molecule has 0 N–H and O–H groups in total. The third-order valence-corrected chi connectivity index (χ3v) is 4.15. The van der Waals surface area contributed by atoms with Gasteiger partial charge in [0.15, 0.2) is 5.16 Å². The van der Waals surface area contributed by atoms with Gasteiger partial charge >= 0.3 is 0 Å².